The molecule has 0 bridgehead atoms. The number of nitrogens with one attached hydrogen (secondary N) is 1. The van der Waals surface area contributed by atoms with Crippen molar-refractivity contribution in [3.05, 3.63) is 0 Å². The SMILES string of the molecule is CC1CCC(NS(=O)(=O)N2CCC(C(=O)O)CC2)C1C. The van der Waals surface area contributed by atoms with Crippen LogP contribution in [0.2, 0.25) is 0 Å². The minimum absolute atomic E-state index is 0.00666. The van der Waals surface area contributed by atoms with Crippen molar-refractivity contribution in [2.75, 3.05) is 13.1 Å². The first-order valence-electron chi connectivity index (χ1n) is 7.31. The first-order chi connectivity index (χ1) is 9.31. The molecule has 1 heterocycles. The molecule has 1 saturated carbocycles. The maximum Gasteiger partial charge on any atom is 0.306 e. The van der Waals surface area contributed by atoms with Crippen LogP contribution in [0.25, 0.3) is 0 Å². The van der Waals surface area contributed by atoms with Gasteiger partial charge in [0.05, 0.1) is 5.92 Å². The summed E-state index contributed by atoms with van der Waals surface area (Å²) in [5.74, 6) is -0.345. The highest BCUT2D eigenvalue weighted by molar-refractivity contribution is 7.87. The Kier molecular flexibility index (Phi) is 4.71. The van der Waals surface area contributed by atoms with E-state index in [-0.39, 0.29) is 6.04 Å². The van der Waals surface area contributed by atoms with Crippen molar-refractivity contribution in [3.8, 4) is 0 Å². The molecule has 7 heteroatoms. The zero-order chi connectivity index (χ0) is 14.9. The third-order valence-corrected chi connectivity index (χ3v) is 6.55. The molecule has 0 amide bonds. The molecule has 0 aromatic heterocycles. The van der Waals surface area contributed by atoms with Crippen molar-refractivity contribution in [2.24, 2.45) is 17.8 Å². The van der Waals surface area contributed by atoms with Crippen LogP contribution in [0.5, 0.6) is 0 Å². The van der Waals surface area contributed by atoms with Crippen LogP contribution in [0, 0.1) is 17.8 Å². The molecule has 2 fully saturated rings. The Hall–Kier alpha value is -0.660. The topological polar surface area (TPSA) is 86.7 Å². The summed E-state index contributed by atoms with van der Waals surface area (Å²) in [5.41, 5.74) is 0. The highest BCUT2D eigenvalue weighted by atomic mass is 32.2. The van der Waals surface area contributed by atoms with Crippen LogP contribution in [-0.2, 0) is 15.0 Å². The molecule has 0 aromatic rings. The van der Waals surface area contributed by atoms with Crippen molar-refractivity contribution < 1.29 is 18.3 Å². The minimum Gasteiger partial charge on any atom is -0.481 e. The second-order valence-corrected chi connectivity index (χ2v) is 7.86. The van der Waals surface area contributed by atoms with Crippen molar-refractivity contribution in [3.63, 3.8) is 0 Å². The Bertz CT molecular complexity index is 457. The van der Waals surface area contributed by atoms with Gasteiger partial charge in [-0.15, -0.1) is 0 Å². The number of carboxylic acids is 1. The lowest BCUT2D eigenvalue weighted by atomic mass is 9.98. The van der Waals surface area contributed by atoms with Crippen LogP contribution in [0.4, 0.5) is 0 Å². The van der Waals surface area contributed by atoms with Gasteiger partial charge in [0.25, 0.3) is 10.2 Å². The average Bonchev–Trinajstić information content (AvgIpc) is 2.70. The second kappa shape index (κ2) is 5.99. The van der Waals surface area contributed by atoms with Gasteiger partial charge in [0.2, 0.25) is 0 Å². The molecule has 3 unspecified atom stereocenters. The smallest absolute Gasteiger partial charge is 0.306 e. The summed E-state index contributed by atoms with van der Waals surface area (Å²) < 4.78 is 28.9. The van der Waals surface area contributed by atoms with E-state index in [1.807, 2.05) is 0 Å². The van der Waals surface area contributed by atoms with E-state index in [0.29, 0.717) is 37.8 Å². The van der Waals surface area contributed by atoms with Crippen LogP contribution in [0.15, 0.2) is 0 Å². The van der Waals surface area contributed by atoms with E-state index in [1.54, 1.807) is 0 Å². The van der Waals surface area contributed by atoms with E-state index in [0.717, 1.165) is 12.8 Å². The van der Waals surface area contributed by atoms with E-state index >= 15 is 0 Å². The zero-order valence-corrected chi connectivity index (χ0v) is 12.9. The molecule has 0 spiro atoms. The lowest BCUT2D eigenvalue weighted by Crippen LogP contribution is -2.49. The monoisotopic (exact) mass is 304 g/mol. The van der Waals surface area contributed by atoms with E-state index in [4.69, 9.17) is 5.11 Å². The molecule has 1 saturated heterocycles. The van der Waals surface area contributed by atoms with Gasteiger partial charge >= 0.3 is 5.97 Å². The number of carboxylic acid groups (broad SMARTS) is 1. The Morgan fingerprint density at radius 2 is 1.75 bits per heavy atom. The fraction of sp³-hybridized carbons (Fsp3) is 0.923. The zero-order valence-electron chi connectivity index (χ0n) is 12.1. The summed E-state index contributed by atoms with van der Waals surface area (Å²) in [5, 5.41) is 8.94. The van der Waals surface area contributed by atoms with Gasteiger partial charge in [0.15, 0.2) is 0 Å². The molecule has 20 heavy (non-hydrogen) atoms. The summed E-state index contributed by atoms with van der Waals surface area (Å²) in [4.78, 5) is 10.9. The molecule has 1 aliphatic heterocycles. The standard InChI is InChI=1S/C13H24N2O4S/c1-9-3-4-12(10(9)2)14-20(18,19)15-7-5-11(6-8-15)13(16)17/h9-12,14H,3-8H2,1-2H3,(H,16,17). The molecule has 0 radical (unpaired) electrons. The molecule has 116 valence electrons. The van der Waals surface area contributed by atoms with Crippen LogP contribution >= 0.6 is 0 Å². The first kappa shape index (κ1) is 15.7. The van der Waals surface area contributed by atoms with Crippen molar-refractivity contribution in [1.82, 2.24) is 9.03 Å². The van der Waals surface area contributed by atoms with Crippen molar-refractivity contribution >= 4 is 16.2 Å². The Balaban J connectivity index is 1.93. The van der Waals surface area contributed by atoms with Gasteiger partial charge in [-0.3, -0.25) is 4.79 Å². The molecular formula is C13H24N2O4S. The normalized spacial score (nSPS) is 33.4. The molecule has 2 aliphatic rings. The number of carbonyl (C=O) groups is 1. The summed E-state index contributed by atoms with van der Waals surface area (Å²) in [6.45, 7) is 4.82. The van der Waals surface area contributed by atoms with E-state index in [9.17, 15) is 13.2 Å². The maximum atomic E-state index is 12.3. The predicted molar refractivity (Wildman–Crippen MR) is 75.3 cm³/mol. The summed E-state index contributed by atoms with van der Waals surface area (Å²) in [7, 11) is -3.48. The van der Waals surface area contributed by atoms with Gasteiger partial charge in [0.1, 0.15) is 0 Å². The maximum absolute atomic E-state index is 12.3. The van der Waals surface area contributed by atoms with Gasteiger partial charge in [0, 0.05) is 19.1 Å². The fourth-order valence-corrected chi connectivity index (χ4v) is 4.70. The molecule has 2 N–H and O–H groups in total. The quantitative estimate of drug-likeness (QED) is 0.813. The lowest BCUT2D eigenvalue weighted by molar-refractivity contribution is -0.142. The van der Waals surface area contributed by atoms with Gasteiger partial charge in [-0.05, 0) is 37.5 Å². The number of hydrogen-bond acceptors (Lipinski definition) is 3. The summed E-state index contributed by atoms with van der Waals surface area (Å²) >= 11 is 0. The highest BCUT2D eigenvalue weighted by Gasteiger charge is 2.36. The molecular weight excluding hydrogens is 280 g/mol. The number of rotatable bonds is 4. The Labute approximate surface area is 120 Å². The predicted octanol–water partition coefficient (Wildman–Crippen LogP) is 1.05. The minimum atomic E-state index is -3.48. The largest absolute Gasteiger partial charge is 0.481 e. The van der Waals surface area contributed by atoms with Gasteiger partial charge < -0.3 is 5.11 Å². The first-order valence-corrected chi connectivity index (χ1v) is 8.75. The Morgan fingerprint density at radius 3 is 2.20 bits per heavy atom. The van der Waals surface area contributed by atoms with Crippen LogP contribution in [0.3, 0.4) is 0 Å². The lowest BCUT2D eigenvalue weighted by Gasteiger charge is -2.31. The number of aliphatic carboxylic acids is 1. The third kappa shape index (κ3) is 3.32. The molecule has 2 rings (SSSR count). The molecule has 6 nitrogen and oxygen atoms in total. The molecule has 3 atom stereocenters. The van der Waals surface area contributed by atoms with E-state index < -0.39 is 22.1 Å². The summed E-state index contributed by atoms with van der Waals surface area (Å²) in [6.07, 6.45) is 2.72. The number of nitrogens with zero attached hydrogens (tertiary/aromatic N) is 1. The van der Waals surface area contributed by atoms with Crippen LogP contribution in [-0.4, -0.2) is 42.9 Å². The second-order valence-electron chi connectivity index (χ2n) is 6.15. The van der Waals surface area contributed by atoms with Gasteiger partial charge in [-0.1, -0.05) is 13.8 Å². The number of piperidine rings is 1. The van der Waals surface area contributed by atoms with E-state index in [2.05, 4.69) is 18.6 Å². The van der Waals surface area contributed by atoms with Crippen molar-refractivity contribution in [1.29, 1.82) is 0 Å². The van der Waals surface area contributed by atoms with Crippen LogP contribution < -0.4 is 4.72 Å². The van der Waals surface area contributed by atoms with Gasteiger partial charge in [-0.2, -0.15) is 17.4 Å². The van der Waals surface area contributed by atoms with Crippen LogP contribution in [0.1, 0.15) is 39.5 Å². The average molecular weight is 304 g/mol. The van der Waals surface area contributed by atoms with Crippen molar-refractivity contribution in [2.45, 2.75) is 45.6 Å². The highest BCUT2D eigenvalue weighted by Crippen LogP contribution is 2.32. The number of hydrogen-bond donors (Lipinski definition) is 2. The third-order valence-electron chi connectivity index (χ3n) is 4.91. The molecule has 1 aliphatic carbocycles. The molecule has 0 aromatic carbocycles. The summed E-state index contributed by atoms with van der Waals surface area (Å²) in [6, 6.07) is 0.00666. The van der Waals surface area contributed by atoms with Gasteiger partial charge in [-0.25, -0.2) is 0 Å². The van der Waals surface area contributed by atoms with E-state index in [1.165, 1.54) is 4.31 Å². The Morgan fingerprint density at radius 1 is 1.15 bits per heavy atom. The fourth-order valence-electron chi connectivity index (χ4n) is 3.14.